The van der Waals surface area contributed by atoms with Crippen molar-refractivity contribution in [1.82, 2.24) is 0 Å². The van der Waals surface area contributed by atoms with Gasteiger partial charge in [0.2, 0.25) is 0 Å². The summed E-state index contributed by atoms with van der Waals surface area (Å²) in [5, 5.41) is 0. The highest BCUT2D eigenvalue weighted by molar-refractivity contribution is 7.47. The molecule has 0 heterocycles. The summed E-state index contributed by atoms with van der Waals surface area (Å²) in [6.07, 6.45) is 45.2. The first kappa shape index (κ1) is 52.5. The summed E-state index contributed by atoms with van der Waals surface area (Å²) in [5.41, 5.74) is 0. The van der Waals surface area contributed by atoms with Gasteiger partial charge in [0, 0.05) is 12.8 Å². The number of hydrogen-bond donors (Lipinski definition) is 1. The van der Waals surface area contributed by atoms with Crippen LogP contribution < -0.4 is 0 Å². The van der Waals surface area contributed by atoms with Crippen molar-refractivity contribution in [1.29, 1.82) is 0 Å². The van der Waals surface area contributed by atoms with Crippen LogP contribution in [0.5, 0.6) is 0 Å². The molecule has 0 rings (SSSR count). The molecular weight excluding hydrogens is 713 g/mol. The number of allylic oxidation sites excluding steroid dienone is 12. The second kappa shape index (κ2) is 37.1. The number of carbonyl (C=O) groups excluding carboxylic acids is 2. The van der Waals surface area contributed by atoms with E-state index in [0.29, 0.717) is 23.9 Å². The van der Waals surface area contributed by atoms with Crippen LogP contribution in [0.2, 0.25) is 0 Å². The van der Waals surface area contributed by atoms with Gasteiger partial charge in [-0.3, -0.25) is 18.6 Å². The third kappa shape index (κ3) is 40.9. The first-order chi connectivity index (χ1) is 26.5. The number of quaternary nitrogens is 1. The van der Waals surface area contributed by atoms with E-state index in [4.69, 9.17) is 18.5 Å². The summed E-state index contributed by atoms with van der Waals surface area (Å²) in [5.74, 6) is -0.851. The van der Waals surface area contributed by atoms with E-state index < -0.39 is 32.5 Å². The number of rotatable bonds is 37. The Hall–Kier alpha value is -2.55. The van der Waals surface area contributed by atoms with Gasteiger partial charge < -0.3 is 18.9 Å². The summed E-state index contributed by atoms with van der Waals surface area (Å²) in [4.78, 5) is 35.3. The molecule has 316 valence electrons. The molecule has 2 atom stereocenters. The van der Waals surface area contributed by atoms with Gasteiger partial charge in [0.05, 0.1) is 27.7 Å². The van der Waals surface area contributed by atoms with Gasteiger partial charge in [0.25, 0.3) is 0 Å². The van der Waals surface area contributed by atoms with Crippen LogP contribution in [-0.4, -0.2) is 74.9 Å². The van der Waals surface area contributed by atoms with Crippen LogP contribution in [0.15, 0.2) is 72.9 Å². The molecular formula is C45H79NO8P+. The first-order valence-electron chi connectivity index (χ1n) is 21.2. The second-order valence-corrected chi connectivity index (χ2v) is 16.4. The van der Waals surface area contributed by atoms with Crippen LogP contribution >= 0.6 is 7.82 Å². The molecule has 9 nitrogen and oxygen atoms in total. The third-order valence-electron chi connectivity index (χ3n) is 8.47. The Labute approximate surface area is 336 Å². The SMILES string of the molecule is CC/C=C\C/C=C\C/C=C\C/C=C\CCCCCCC(=O)OC(COC(=O)CCCCCCC/C=C\C/C=C\CCCC)COP(=O)(O)OCC[N+](C)(C)C. The molecule has 0 aromatic rings. The minimum Gasteiger partial charge on any atom is -0.462 e. The largest absolute Gasteiger partial charge is 0.472 e. The lowest BCUT2D eigenvalue weighted by molar-refractivity contribution is -0.870. The fourth-order valence-corrected chi connectivity index (χ4v) is 5.88. The topological polar surface area (TPSA) is 108 Å². The summed E-state index contributed by atoms with van der Waals surface area (Å²) in [6, 6.07) is 0. The predicted octanol–water partition coefficient (Wildman–Crippen LogP) is 11.9. The van der Waals surface area contributed by atoms with Gasteiger partial charge in [-0.25, -0.2) is 4.57 Å². The van der Waals surface area contributed by atoms with E-state index in [2.05, 4.69) is 86.8 Å². The number of phosphoric ester groups is 1. The van der Waals surface area contributed by atoms with Crippen LogP contribution in [0.25, 0.3) is 0 Å². The lowest BCUT2D eigenvalue weighted by Gasteiger charge is -2.24. The lowest BCUT2D eigenvalue weighted by Crippen LogP contribution is -2.37. The second-order valence-electron chi connectivity index (χ2n) is 15.0. The highest BCUT2D eigenvalue weighted by Gasteiger charge is 2.27. The number of nitrogens with zero attached hydrogens (tertiary/aromatic N) is 1. The van der Waals surface area contributed by atoms with Crippen molar-refractivity contribution in [3.05, 3.63) is 72.9 Å². The molecule has 0 aromatic heterocycles. The number of esters is 2. The Bertz CT molecular complexity index is 1170. The number of hydrogen-bond acceptors (Lipinski definition) is 7. The molecule has 0 spiro atoms. The van der Waals surface area contributed by atoms with Crippen molar-refractivity contribution < 1.29 is 42.1 Å². The van der Waals surface area contributed by atoms with Crippen molar-refractivity contribution in [2.45, 2.75) is 155 Å². The van der Waals surface area contributed by atoms with E-state index in [1.54, 1.807) is 0 Å². The number of ether oxygens (including phenoxy) is 2. The van der Waals surface area contributed by atoms with Crippen LogP contribution in [0, 0.1) is 0 Å². The Morgan fingerprint density at radius 2 is 1.04 bits per heavy atom. The van der Waals surface area contributed by atoms with E-state index in [1.807, 2.05) is 21.1 Å². The van der Waals surface area contributed by atoms with Crippen molar-refractivity contribution in [2.24, 2.45) is 0 Å². The zero-order valence-electron chi connectivity index (χ0n) is 35.4. The molecule has 10 heteroatoms. The summed E-state index contributed by atoms with van der Waals surface area (Å²) >= 11 is 0. The van der Waals surface area contributed by atoms with Gasteiger partial charge in [-0.2, -0.15) is 0 Å². The zero-order valence-corrected chi connectivity index (χ0v) is 36.3. The summed E-state index contributed by atoms with van der Waals surface area (Å²) in [6.45, 7) is 4.20. The van der Waals surface area contributed by atoms with Crippen molar-refractivity contribution >= 4 is 19.8 Å². The predicted molar refractivity (Wildman–Crippen MR) is 229 cm³/mol. The number of carbonyl (C=O) groups is 2. The van der Waals surface area contributed by atoms with E-state index in [-0.39, 0.29) is 26.1 Å². The first-order valence-corrected chi connectivity index (χ1v) is 22.7. The monoisotopic (exact) mass is 793 g/mol. The molecule has 0 aliphatic rings. The molecule has 2 unspecified atom stereocenters. The van der Waals surface area contributed by atoms with Gasteiger partial charge in [-0.1, -0.05) is 132 Å². The molecule has 0 fully saturated rings. The Morgan fingerprint density at radius 3 is 1.55 bits per heavy atom. The van der Waals surface area contributed by atoms with Gasteiger partial charge in [0.15, 0.2) is 6.10 Å². The minimum absolute atomic E-state index is 0.0203. The van der Waals surface area contributed by atoms with E-state index in [1.165, 1.54) is 12.8 Å². The normalized spacial score (nSPS) is 14.4. The van der Waals surface area contributed by atoms with E-state index in [0.717, 1.165) is 96.3 Å². The van der Waals surface area contributed by atoms with Gasteiger partial charge in [-0.05, 0) is 77.0 Å². The van der Waals surface area contributed by atoms with Crippen LogP contribution in [0.4, 0.5) is 0 Å². The standard InChI is InChI=1S/C45H78NO8P/c1-6-8-10-12-14-16-18-20-22-23-24-26-28-30-32-34-36-38-45(48)54-43(42-53-55(49,50)52-40-39-46(3,4)5)41-51-44(47)37-35-33-31-29-27-25-21-19-17-15-13-11-9-7-2/h8,10,13-16,19-22,24,26,43H,6-7,9,11-12,17-18,23,25,27-42H2,1-5H3/p+1/b10-8-,15-13-,16-14-,21-19-,22-20-,26-24-. The van der Waals surface area contributed by atoms with Gasteiger partial charge >= 0.3 is 19.8 Å². The average Bonchev–Trinajstić information content (AvgIpc) is 3.13. The van der Waals surface area contributed by atoms with E-state index >= 15 is 0 Å². The highest BCUT2D eigenvalue weighted by Crippen LogP contribution is 2.43. The smallest absolute Gasteiger partial charge is 0.462 e. The number of phosphoric acid groups is 1. The minimum atomic E-state index is -4.39. The Morgan fingerprint density at radius 1 is 0.582 bits per heavy atom. The molecule has 0 aromatic carbocycles. The summed E-state index contributed by atoms with van der Waals surface area (Å²) < 4.78 is 34.2. The van der Waals surface area contributed by atoms with Crippen molar-refractivity contribution in [3.8, 4) is 0 Å². The maximum Gasteiger partial charge on any atom is 0.472 e. The van der Waals surface area contributed by atoms with Gasteiger partial charge in [-0.15, -0.1) is 0 Å². The molecule has 0 aliphatic carbocycles. The molecule has 55 heavy (non-hydrogen) atoms. The lowest BCUT2D eigenvalue weighted by atomic mass is 10.1. The molecule has 0 amide bonds. The fourth-order valence-electron chi connectivity index (χ4n) is 5.14. The average molecular weight is 793 g/mol. The van der Waals surface area contributed by atoms with E-state index in [9.17, 15) is 19.0 Å². The Kier molecular flexibility index (Phi) is 35.3. The Balaban J connectivity index is 4.47. The van der Waals surface area contributed by atoms with Crippen molar-refractivity contribution in [3.63, 3.8) is 0 Å². The molecule has 1 N–H and O–H groups in total. The number of unbranched alkanes of at least 4 members (excludes halogenated alkanes) is 11. The molecule has 0 bridgehead atoms. The zero-order chi connectivity index (χ0) is 40.7. The van der Waals surface area contributed by atoms with Crippen LogP contribution in [0.3, 0.4) is 0 Å². The number of likely N-dealkylation sites (N-methyl/N-ethyl adjacent to an activating group) is 1. The fraction of sp³-hybridized carbons (Fsp3) is 0.689. The maximum absolute atomic E-state index is 12.7. The molecule has 0 radical (unpaired) electrons. The third-order valence-corrected chi connectivity index (χ3v) is 9.45. The maximum atomic E-state index is 12.7. The molecule has 0 aliphatic heterocycles. The molecule has 0 saturated heterocycles. The summed E-state index contributed by atoms with van der Waals surface area (Å²) in [7, 11) is 1.44. The highest BCUT2D eigenvalue weighted by atomic mass is 31.2. The van der Waals surface area contributed by atoms with Crippen molar-refractivity contribution in [2.75, 3.05) is 47.5 Å². The molecule has 0 saturated carbocycles. The quantitative estimate of drug-likeness (QED) is 0.0218. The van der Waals surface area contributed by atoms with Crippen LogP contribution in [-0.2, 0) is 32.7 Å². The van der Waals surface area contributed by atoms with Gasteiger partial charge in [0.1, 0.15) is 19.8 Å². The van der Waals surface area contributed by atoms with Crippen LogP contribution in [0.1, 0.15) is 149 Å².